The fourth-order valence-corrected chi connectivity index (χ4v) is 8.68. The third-order valence-electron chi connectivity index (χ3n) is 10.3. The van der Waals surface area contributed by atoms with Gasteiger partial charge >= 0.3 is 0 Å². The van der Waals surface area contributed by atoms with Gasteiger partial charge in [0.05, 0.1) is 0 Å². The highest BCUT2D eigenvalue weighted by Gasteiger charge is 2.61. The molecule has 3 fully saturated rings. The van der Waals surface area contributed by atoms with Crippen LogP contribution in [0.3, 0.4) is 0 Å². The molecule has 1 unspecified atom stereocenters. The van der Waals surface area contributed by atoms with E-state index in [1.807, 2.05) is 18.9 Å². The molecule has 0 radical (unpaired) electrons. The first-order chi connectivity index (χ1) is 16.0. The van der Waals surface area contributed by atoms with Crippen LogP contribution in [-0.4, -0.2) is 35.8 Å². The molecule has 0 bridgehead atoms. The lowest BCUT2D eigenvalue weighted by Gasteiger charge is -2.60. The number of halogens is 2. The average Bonchev–Trinajstić information content (AvgIpc) is 3.13. The summed E-state index contributed by atoms with van der Waals surface area (Å²) in [4.78, 5) is 27.0. The molecule has 3 saturated carbocycles. The molecule has 1 aromatic rings. The minimum absolute atomic E-state index is 0.0201. The van der Waals surface area contributed by atoms with Gasteiger partial charge in [-0.05, 0) is 92.7 Å². The van der Waals surface area contributed by atoms with Crippen molar-refractivity contribution < 1.29 is 18.4 Å². The Bertz CT molecular complexity index is 1020. The van der Waals surface area contributed by atoms with Gasteiger partial charge in [-0.25, -0.2) is 8.78 Å². The number of amides is 2. The summed E-state index contributed by atoms with van der Waals surface area (Å²) in [6.07, 6.45) is 10.6. The van der Waals surface area contributed by atoms with E-state index in [4.69, 9.17) is 0 Å². The van der Waals surface area contributed by atoms with Crippen LogP contribution in [0.2, 0.25) is 0 Å². The van der Waals surface area contributed by atoms with Crippen LogP contribution >= 0.6 is 0 Å². The molecule has 184 valence electrons. The standard InChI is InChI=1S/C28H36F2N2O2/c1-16(31-26(34)17-13-18(29)15-19(30)14-17)21-6-7-22-20-5-8-24-28(3,12-10-25(33)32(24)4)23(20)9-11-27(21,22)2/h10,12-16,20-24H,5-9,11H2,1-4H3,(H,31,34)/t16?,20-,21+,22-,23-,24+,27+,28+/m0/s1. The molecule has 0 spiro atoms. The molecule has 0 aromatic heterocycles. The third-order valence-corrected chi connectivity index (χ3v) is 10.3. The van der Waals surface area contributed by atoms with E-state index >= 15 is 0 Å². The van der Waals surface area contributed by atoms with E-state index in [1.54, 1.807) is 6.08 Å². The molecule has 1 heterocycles. The van der Waals surface area contributed by atoms with E-state index in [2.05, 4.69) is 25.2 Å². The second kappa shape index (κ2) is 8.17. The number of rotatable bonds is 3. The number of hydrogen-bond acceptors (Lipinski definition) is 2. The number of nitrogens with zero attached hydrogens (tertiary/aromatic N) is 1. The van der Waals surface area contributed by atoms with Crippen LogP contribution in [0.25, 0.3) is 0 Å². The van der Waals surface area contributed by atoms with Gasteiger partial charge < -0.3 is 10.2 Å². The Hall–Kier alpha value is -2.24. The van der Waals surface area contributed by atoms with E-state index in [1.165, 1.54) is 0 Å². The van der Waals surface area contributed by atoms with Crippen LogP contribution in [0.5, 0.6) is 0 Å². The van der Waals surface area contributed by atoms with Crippen molar-refractivity contribution in [3.8, 4) is 0 Å². The van der Waals surface area contributed by atoms with E-state index in [0.29, 0.717) is 23.7 Å². The Morgan fingerprint density at radius 2 is 1.76 bits per heavy atom. The van der Waals surface area contributed by atoms with Crippen molar-refractivity contribution in [2.24, 2.45) is 34.5 Å². The summed E-state index contributed by atoms with van der Waals surface area (Å²) in [5.74, 6) is 0.333. The molecule has 0 saturated heterocycles. The lowest BCUT2D eigenvalue weighted by atomic mass is 9.47. The molecule has 5 rings (SSSR count). The van der Waals surface area contributed by atoms with Crippen LogP contribution in [0.4, 0.5) is 8.78 Å². The van der Waals surface area contributed by atoms with E-state index in [9.17, 15) is 18.4 Å². The summed E-state index contributed by atoms with van der Waals surface area (Å²) >= 11 is 0. The van der Waals surface area contributed by atoms with Crippen molar-refractivity contribution in [3.05, 3.63) is 47.5 Å². The first-order valence-corrected chi connectivity index (χ1v) is 12.8. The Kier molecular flexibility index (Phi) is 5.64. The van der Waals surface area contributed by atoms with Crippen molar-refractivity contribution in [1.82, 2.24) is 10.2 Å². The van der Waals surface area contributed by atoms with Gasteiger partial charge in [0, 0.05) is 36.2 Å². The van der Waals surface area contributed by atoms with Crippen molar-refractivity contribution in [2.75, 3.05) is 7.05 Å². The monoisotopic (exact) mass is 470 g/mol. The molecule has 2 amide bonds. The number of carbonyl (C=O) groups excluding carboxylic acids is 2. The smallest absolute Gasteiger partial charge is 0.251 e. The topological polar surface area (TPSA) is 49.4 Å². The molecule has 4 aliphatic rings. The first kappa shape index (κ1) is 23.5. The maximum atomic E-state index is 13.6. The number of benzene rings is 1. The highest BCUT2D eigenvalue weighted by molar-refractivity contribution is 5.94. The highest BCUT2D eigenvalue weighted by atomic mass is 19.1. The van der Waals surface area contributed by atoms with Crippen molar-refractivity contribution in [3.63, 3.8) is 0 Å². The van der Waals surface area contributed by atoms with Crippen LogP contribution in [0.1, 0.15) is 69.7 Å². The van der Waals surface area contributed by atoms with E-state index in [-0.39, 0.29) is 34.4 Å². The molecular formula is C28H36F2N2O2. The maximum Gasteiger partial charge on any atom is 0.251 e. The summed E-state index contributed by atoms with van der Waals surface area (Å²) in [5.41, 5.74) is 0.179. The number of nitrogens with one attached hydrogen (secondary N) is 1. The summed E-state index contributed by atoms with van der Waals surface area (Å²) in [6, 6.07) is 3.17. The van der Waals surface area contributed by atoms with Crippen LogP contribution in [0, 0.1) is 46.1 Å². The lowest BCUT2D eigenvalue weighted by Crippen LogP contribution is -2.60. The zero-order valence-corrected chi connectivity index (χ0v) is 20.6. The molecule has 1 aromatic carbocycles. The van der Waals surface area contributed by atoms with Gasteiger partial charge in [0.15, 0.2) is 0 Å². The Labute approximate surface area is 201 Å². The minimum Gasteiger partial charge on any atom is -0.349 e. The van der Waals surface area contributed by atoms with Crippen molar-refractivity contribution in [1.29, 1.82) is 0 Å². The van der Waals surface area contributed by atoms with E-state index in [0.717, 1.165) is 56.7 Å². The average molecular weight is 471 g/mol. The normalized spacial score (nSPS) is 39.8. The maximum absolute atomic E-state index is 13.6. The Morgan fingerprint density at radius 1 is 1.06 bits per heavy atom. The summed E-state index contributed by atoms with van der Waals surface area (Å²) < 4.78 is 27.2. The predicted molar refractivity (Wildman–Crippen MR) is 127 cm³/mol. The quantitative estimate of drug-likeness (QED) is 0.648. The molecule has 3 aliphatic carbocycles. The Balaban J connectivity index is 1.34. The molecule has 1 N–H and O–H groups in total. The van der Waals surface area contributed by atoms with Gasteiger partial charge in [0.25, 0.3) is 5.91 Å². The number of hydrogen-bond donors (Lipinski definition) is 1. The predicted octanol–water partition coefficient (Wildman–Crippen LogP) is 5.34. The van der Waals surface area contributed by atoms with Crippen molar-refractivity contribution in [2.45, 2.75) is 71.4 Å². The second-order valence-electron chi connectivity index (χ2n) is 11.8. The van der Waals surface area contributed by atoms with E-state index < -0.39 is 17.5 Å². The largest absolute Gasteiger partial charge is 0.349 e. The number of carbonyl (C=O) groups is 2. The van der Waals surface area contributed by atoms with Gasteiger partial charge in [0.1, 0.15) is 11.6 Å². The fourth-order valence-electron chi connectivity index (χ4n) is 8.68. The SMILES string of the molecule is CC(NC(=O)c1cc(F)cc(F)c1)[C@H]1CC[C@H]2[C@@H]3CC[C@H]4N(C)C(=O)C=C[C@]4(C)[C@H]3CC[C@]12C. The zero-order chi connectivity index (χ0) is 24.4. The molecule has 6 heteroatoms. The van der Waals surface area contributed by atoms with Gasteiger partial charge in [-0.1, -0.05) is 19.9 Å². The third kappa shape index (κ3) is 3.51. The van der Waals surface area contributed by atoms with Crippen LogP contribution in [-0.2, 0) is 4.79 Å². The second-order valence-corrected chi connectivity index (χ2v) is 11.8. The van der Waals surface area contributed by atoms with Gasteiger partial charge in [-0.15, -0.1) is 0 Å². The Morgan fingerprint density at radius 3 is 2.47 bits per heavy atom. The zero-order valence-electron chi connectivity index (χ0n) is 20.6. The highest BCUT2D eigenvalue weighted by Crippen LogP contribution is 2.65. The molecular weight excluding hydrogens is 434 g/mol. The molecule has 1 aliphatic heterocycles. The van der Waals surface area contributed by atoms with Crippen LogP contribution in [0.15, 0.2) is 30.4 Å². The first-order valence-electron chi connectivity index (χ1n) is 12.8. The van der Waals surface area contributed by atoms with Gasteiger partial charge in [-0.3, -0.25) is 9.59 Å². The summed E-state index contributed by atoms with van der Waals surface area (Å²) in [6.45, 7) is 6.79. The fraction of sp³-hybridized carbons (Fsp3) is 0.643. The summed E-state index contributed by atoms with van der Waals surface area (Å²) in [5, 5.41) is 3.06. The summed E-state index contributed by atoms with van der Waals surface area (Å²) in [7, 11) is 1.95. The minimum atomic E-state index is -0.739. The van der Waals surface area contributed by atoms with Crippen LogP contribution < -0.4 is 5.32 Å². The molecule has 34 heavy (non-hydrogen) atoms. The lowest BCUT2D eigenvalue weighted by molar-refractivity contribution is -0.139. The van der Waals surface area contributed by atoms with Crippen molar-refractivity contribution >= 4 is 11.8 Å². The van der Waals surface area contributed by atoms with Gasteiger partial charge in [0.2, 0.25) is 5.91 Å². The molecule has 8 atom stereocenters. The number of likely N-dealkylation sites (N-methyl/N-ethyl adjacent to an activating group) is 1. The van der Waals surface area contributed by atoms with Gasteiger partial charge in [-0.2, -0.15) is 0 Å². The molecule has 4 nitrogen and oxygen atoms in total. The number of fused-ring (bicyclic) bond motifs is 5.